The molecule has 1 aromatic heterocycles. The first-order valence-corrected chi connectivity index (χ1v) is 9.61. The number of nitrogens with zero attached hydrogens (tertiary/aromatic N) is 2. The fourth-order valence-electron chi connectivity index (χ4n) is 2.19. The Kier molecular flexibility index (Phi) is 7.66. The van der Waals surface area contributed by atoms with Crippen LogP contribution in [0.5, 0.6) is 5.95 Å². The van der Waals surface area contributed by atoms with Crippen molar-refractivity contribution in [2.45, 2.75) is 43.4 Å². The van der Waals surface area contributed by atoms with E-state index < -0.39 is 11.2 Å². The number of esters is 1. The topological polar surface area (TPSA) is 108 Å². The van der Waals surface area contributed by atoms with Crippen molar-refractivity contribution in [1.29, 1.82) is 0 Å². The van der Waals surface area contributed by atoms with Crippen LogP contribution in [0.3, 0.4) is 0 Å². The second kappa shape index (κ2) is 9.96. The van der Waals surface area contributed by atoms with Gasteiger partial charge in [0.1, 0.15) is 0 Å². The summed E-state index contributed by atoms with van der Waals surface area (Å²) in [7, 11) is 1.58. The van der Waals surface area contributed by atoms with E-state index >= 15 is 0 Å². The average molecular weight is 393 g/mol. The molecule has 146 valence electrons. The van der Waals surface area contributed by atoms with Crippen LogP contribution in [0.4, 0.5) is 5.69 Å². The van der Waals surface area contributed by atoms with Gasteiger partial charge in [-0.1, -0.05) is 25.0 Å². The molecule has 0 saturated heterocycles. The molecule has 1 heterocycles. The molecule has 8 nitrogen and oxygen atoms in total. The molecule has 2 aromatic rings. The van der Waals surface area contributed by atoms with Crippen molar-refractivity contribution < 1.29 is 28.6 Å². The Morgan fingerprint density at radius 1 is 1.33 bits per heavy atom. The van der Waals surface area contributed by atoms with Gasteiger partial charge in [-0.3, -0.25) is 4.79 Å². The number of aromatic nitrogens is 2. The number of hydrogen-bond donors (Lipinski definition) is 1. The summed E-state index contributed by atoms with van der Waals surface area (Å²) in [6.45, 7) is 4.27. The lowest BCUT2D eigenvalue weighted by atomic mass is 10.2. The molecule has 27 heavy (non-hydrogen) atoms. The maximum absolute atomic E-state index is 12.5. The predicted molar refractivity (Wildman–Crippen MR) is 97.3 cm³/mol. The van der Waals surface area contributed by atoms with E-state index in [2.05, 4.69) is 15.1 Å². The van der Waals surface area contributed by atoms with Gasteiger partial charge in [0, 0.05) is 5.69 Å². The van der Waals surface area contributed by atoms with Crippen LogP contribution < -0.4 is 15.1 Å². The van der Waals surface area contributed by atoms with E-state index in [0.29, 0.717) is 24.3 Å². The quantitative estimate of drug-likeness (QED) is 0.300. The lowest BCUT2D eigenvalue weighted by Crippen LogP contribution is -2.34. The molecule has 0 aliphatic heterocycles. The van der Waals surface area contributed by atoms with E-state index in [4.69, 9.17) is 4.74 Å². The lowest BCUT2D eigenvalue weighted by molar-refractivity contribution is -0.772. The van der Waals surface area contributed by atoms with E-state index in [1.54, 1.807) is 31.3 Å². The third kappa shape index (κ3) is 5.72. The Labute approximate surface area is 161 Å². The van der Waals surface area contributed by atoms with Crippen LogP contribution in [0, 0.1) is 0 Å². The number of unbranched alkanes of at least 4 members (excludes halogenated alkanes) is 1. The van der Waals surface area contributed by atoms with Crippen molar-refractivity contribution in [3.8, 4) is 5.95 Å². The van der Waals surface area contributed by atoms with Gasteiger partial charge in [0.25, 0.3) is 5.03 Å². The Morgan fingerprint density at radius 2 is 2.04 bits per heavy atom. The summed E-state index contributed by atoms with van der Waals surface area (Å²) in [6, 6.07) is 6.50. The summed E-state index contributed by atoms with van der Waals surface area (Å²) in [5.41, 5.74) is 0.985. The number of hydrogen-bond acceptors (Lipinski definition) is 7. The zero-order valence-corrected chi connectivity index (χ0v) is 16.4. The van der Waals surface area contributed by atoms with E-state index in [1.807, 2.05) is 13.8 Å². The van der Waals surface area contributed by atoms with Gasteiger partial charge in [-0.15, -0.1) is 0 Å². The minimum Gasteiger partial charge on any atom is -0.538 e. The van der Waals surface area contributed by atoms with Crippen LogP contribution in [0.25, 0.3) is 0 Å². The Balaban J connectivity index is 1.96. The molecule has 0 bridgehead atoms. The second-order valence-corrected chi connectivity index (χ2v) is 7.05. The lowest BCUT2D eigenvalue weighted by Gasteiger charge is -2.13. The molecule has 9 heteroatoms. The van der Waals surface area contributed by atoms with Gasteiger partial charge in [-0.2, -0.15) is 0 Å². The molecule has 0 fully saturated rings. The molecule has 0 spiro atoms. The highest BCUT2D eigenvalue weighted by atomic mass is 32.2. The van der Waals surface area contributed by atoms with Gasteiger partial charge in [-0.05, 0) is 48.9 Å². The molecule has 1 atom stereocenters. The van der Waals surface area contributed by atoms with Gasteiger partial charge in [-0.25, -0.2) is 4.79 Å². The number of rotatable bonds is 9. The first-order chi connectivity index (χ1) is 13.0. The molecule has 1 aromatic carbocycles. The van der Waals surface area contributed by atoms with Gasteiger partial charge in [0.2, 0.25) is 5.91 Å². The molecular weight excluding hydrogens is 370 g/mol. The number of amides is 1. The highest BCUT2D eigenvalue weighted by Gasteiger charge is 2.25. The van der Waals surface area contributed by atoms with Crippen LogP contribution in [-0.4, -0.2) is 29.0 Å². The van der Waals surface area contributed by atoms with E-state index in [1.165, 1.54) is 4.68 Å². The fraction of sp³-hybridized carbons (Fsp3) is 0.444. The first kappa shape index (κ1) is 20.8. The largest absolute Gasteiger partial charge is 0.538 e. The molecule has 2 rings (SSSR count). The third-order valence-corrected chi connectivity index (χ3v) is 5.24. The standard InChI is InChI=1S/C18H23N3O5S/c1-4-6-11-25-17(23)12-7-9-13(10-8-12)19-15(22)14(5-2)27-16-18(24)26-20-21(16)3/h7-10,14H,4-6,11H2,1-3H3,(H-,19,20,22,23,24). The number of carbonyl (C=O) groups excluding carboxylic acids is 2. The van der Waals surface area contributed by atoms with E-state index in [9.17, 15) is 14.7 Å². The number of nitrogens with one attached hydrogen (secondary N) is 1. The fourth-order valence-corrected chi connectivity index (χ4v) is 3.11. The Bertz CT molecular complexity index is 756. The van der Waals surface area contributed by atoms with Gasteiger partial charge < -0.3 is 19.7 Å². The zero-order chi connectivity index (χ0) is 19.8. The number of benzene rings is 1. The SMILES string of the molecule is CCCCOC(=O)c1ccc(NC(=O)C(CC)Sc2c([O-])on[n+]2C)cc1. The summed E-state index contributed by atoms with van der Waals surface area (Å²) in [5, 5.41) is 17.7. The monoisotopic (exact) mass is 393 g/mol. The highest BCUT2D eigenvalue weighted by Crippen LogP contribution is 2.28. The van der Waals surface area contributed by atoms with Crippen LogP contribution in [0.2, 0.25) is 0 Å². The molecule has 1 amide bonds. The summed E-state index contributed by atoms with van der Waals surface area (Å²) < 4.78 is 11.0. The highest BCUT2D eigenvalue weighted by molar-refractivity contribution is 8.00. The first-order valence-electron chi connectivity index (χ1n) is 8.74. The Morgan fingerprint density at radius 3 is 2.59 bits per heavy atom. The zero-order valence-electron chi connectivity index (χ0n) is 15.6. The van der Waals surface area contributed by atoms with E-state index in [0.717, 1.165) is 24.6 Å². The van der Waals surface area contributed by atoms with Gasteiger partial charge >= 0.3 is 5.97 Å². The molecule has 1 N–H and O–H groups in total. The molecule has 0 aliphatic carbocycles. The van der Waals surface area contributed by atoms with Crippen LogP contribution in [0.1, 0.15) is 43.5 Å². The van der Waals surface area contributed by atoms with Crippen LogP contribution in [-0.2, 0) is 16.6 Å². The second-order valence-electron chi connectivity index (χ2n) is 5.86. The normalized spacial score (nSPS) is 11.8. The molecule has 0 aliphatic rings. The number of aryl methyl sites for hydroxylation is 1. The summed E-state index contributed by atoms with van der Waals surface area (Å²) in [4.78, 5) is 24.4. The van der Waals surface area contributed by atoms with Gasteiger partial charge in [0.15, 0.2) is 13.0 Å². The van der Waals surface area contributed by atoms with Crippen molar-refractivity contribution in [1.82, 2.24) is 5.27 Å². The maximum Gasteiger partial charge on any atom is 0.338 e. The van der Waals surface area contributed by atoms with Gasteiger partial charge in [0.05, 0.1) is 22.7 Å². The van der Waals surface area contributed by atoms with Crippen molar-refractivity contribution in [2.24, 2.45) is 7.05 Å². The number of ether oxygens (including phenoxy) is 1. The van der Waals surface area contributed by atoms with Crippen molar-refractivity contribution >= 4 is 29.3 Å². The third-order valence-electron chi connectivity index (χ3n) is 3.75. The Hall–Kier alpha value is -2.55. The van der Waals surface area contributed by atoms with Crippen molar-refractivity contribution in [2.75, 3.05) is 11.9 Å². The smallest absolute Gasteiger partial charge is 0.338 e. The van der Waals surface area contributed by atoms with Crippen LogP contribution >= 0.6 is 11.8 Å². The van der Waals surface area contributed by atoms with Crippen molar-refractivity contribution in [3.63, 3.8) is 0 Å². The molecular formula is C18H23N3O5S. The average Bonchev–Trinajstić information content (AvgIpc) is 2.98. The molecule has 0 radical (unpaired) electrons. The number of anilines is 1. The molecule has 0 saturated carbocycles. The summed E-state index contributed by atoms with van der Waals surface area (Å²) >= 11 is 1.10. The predicted octanol–water partition coefficient (Wildman–Crippen LogP) is 2.04. The minimum absolute atomic E-state index is 0.249. The van der Waals surface area contributed by atoms with Crippen LogP contribution in [0.15, 0.2) is 33.8 Å². The van der Waals surface area contributed by atoms with E-state index in [-0.39, 0.29) is 16.9 Å². The van der Waals surface area contributed by atoms with Crippen molar-refractivity contribution in [3.05, 3.63) is 29.8 Å². The summed E-state index contributed by atoms with van der Waals surface area (Å²) in [6.07, 6.45) is 2.30. The minimum atomic E-state index is -0.570. The maximum atomic E-state index is 12.5. The number of carbonyl (C=O) groups is 2. The molecule has 1 unspecified atom stereocenters. The summed E-state index contributed by atoms with van der Waals surface area (Å²) in [5.74, 6) is -1.20. The number of thioether (sulfide) groups is 1.